The van der Waals surface area contributed by atoms with Crippen LogP contribution in [0.15, 0.2) is 152 Å². The maximum atomic E-state index is 5.22. The summed E-state index contributed by atoms with van der Waals surface area (Å²) in [5.41, 5.74) is 5.16. The average Bonchev–Trinajstić information content (AvgIpc) is 3.51. The molecule has 0 N–H and O–H groups in total. The molecule has 0 aliphatic carbocycles. The van der Waals surface area contributed by atoms with Crippen molar-refractivity contribution in [3.8, 4) is 45.3 Å². The van der Waals surface area contributed by atoms with Crippen molar-refractivity contribution in [2.75, 3.05) is 0 Å². The van der Waals surface area contributed by atoms with Gasteiger partial charge in [0.25, 0.3) is 0 Å². The van der Waals surface area contributed by atoms with E-state index in [0.29, 0.717) is 17.5 Å². The highest BCUT2D eigenvalue weighted by atomic mass is 32.1. The van der Waals surface area contributed by atoms with Crippen LogP contribution in [0.25, 0.3) is 87.0 Å². The first-order valence-corrected chi connectivity index (χ1v) is 15.9. The molecule has 0 aliphatic rings. The third kappa shape index (κ3) is 4.30. The van der Waals surface area contributed by atoms with E-state index < -0.39 is 0 Å². The second-order valence-corrected chi connectivity index (χ2v) is 12.2. The van der Waals surface area contributed by atoms with E-state index >= 15 is 0 Å². The summed E-state index contributed by atoms with van der Waals surface area (Å²) in [5.74, 6) is 1.99. The Kier molecular flexibility index (Phi) is 6.00. The second kappa shape index (κ2) is 10.5. The number of aromatic nitrogens is 3. The molecular formula is C41H25N3S. The van der Waals surface area contributed by atoms with Crippen molar-refractivity contribution in [1.82, 2.24) is 15.0 Å². The van der Waals surface area contributed by atoms with Gasteiger partial charge >= 0.3 is 0 Å². The summed E-state index contributed by atoms with van der Waals surface area (Å²) in [6.45, 7) is 0. The number of thiophene rings is 1. The van der Waals surface area contributed by atoms with E-state index in [9.17, 15) is 0 Å². The highest BCUT2D eigenvalue weighted by molar-refractivity contribution is 7.27. The molecule has 4 heteroatoms. The van der Waals surface area contributed by atoms with Gasteiger partial charge in [0.1, 0.15) is 0 Å². The van der Waals surface area contributed by atoms with E-state index in [1.54, 1.807) is 0 Å². The Hall–Kier alpha value is -5.71. The first kappa shape index (κ1) is 25.8. The van der Waals surface area contributed by atoms with Crippen molar-refractivity contribution in [2.24, 2.45) is 0 Å². The van der Waals surface area contributed by atoms with Crippen LogP contribution in [-0.4, -0.2) is 15.0 Å². The molecule has 45 heavy (non-hydrogen) atoms. The summed E-state index contributed by atoms with van der Waals surface area (Å²) in [6.07, 6.45) is 0. The van der Waals surface area contributed by atoms with Crippen molar-refractivity contribution in [3.05, 3.63) is 152 Å². The highest BCUT2D eigenvalue weighted by Gasteiger charge is 2.19. The van der Waals surface area contributed by atoms with Crippen molar-refractivity contribution in [2.45, 2.75) is 0 Å². The van der Waals surface area contributed by atoms with E-state index in [0.717, 1.165) is 27.8 Å². The third-order valence-electron chi connectivity index (χ3n) is 8.53. The van der Waals surface area contributed by atoms with Crippen molar-refractivity contribution in [3.63, 3.8) is 0 Å². The van der Waals surface area contributed by atoms with E-state index in [2.05, 4.69) is 127 Å². The first-order chi connectivity index (χ1) is 22.3. The zero-order valence-electron chi connectivity index (χ0n) is 24.2. The fraction of sp³-hybridized carbons (Fsp3) is 0. The smallest absolute Gasteiger partial charge is 0.164 e. The Morgan fingerprint density at radius 3 is 1.78 bits per heavy atom. The van der Waals surface area contributed by atoms with E-state index in [-0.39, 0.29) is 0 Å². The van der Waals surface area contributed by atoms with E-state index in [1.165, 1.54) is 41.7 Å². The van der Waals surface area contributed by atoms with Crippen LogP contribution in [0.5, 0.6) is 0 Å². The molecule has 0 saturated carbocycles. The van der Waals surface area contributed by atoms with Gasteiger partial charge in [-0.1, -0.05) is 146 Å². The van der Waals surface area contributed by atoms with E-state index in [1.807, 2.05) is 35.6 Å². The summed E-state index contributed by atoms with van der Waals surface area (Å²) in [7, 11) is 0. The summed E-state index contributed by atoms with van der Waals surface area (Å²) in [5, 5.41) is 7.49. The van der Waals surface area contributed by atoms with Crippen LogP contribution in [0.4, 0.5) is 0 Å². The van der Waals surface area contributed by atoms with Crippen molar-refractivity contribution >= 4 is 53.1 Å². The quantitative estimate of drug-likeness (QED) is 0.191. The highest BCUT2D eigenvalue weighted by Crippen LogP contribution is 2.44. The van der Waals surface area contributed by atoms with Crippen LogP contribution in [0.3, 0.4) is 0 Å². The van der Waals surface area contributed by atoms with Gasteiger partial charge in [0.2, 0.25) is 0 Å². The molecule has 0 saturated heterocycles. The van der Waals surface area contributed by atoms with Gasteiger partial charge in [-0.25, -0.2) is 15.0 Å². The molecular weight excluding hydrogens is 567 g/mol. The maximum Gasteiger partial charge on any atom is 0.164 e. The van der Waals surface area contributed by atoms with Gasteiger partial charge in [-0.2, -0.15) is 0 Å². The Morgan fingerprint density at radius 2 is 0.956 bits per heavy atom. The minimum Gasteiger partial charge on any atom is -0.208 e. The molecule has 9 aromatic rings. The minimum absolute atomic E-state index is 0.659. The number of benzene rings is 7. The fourth-order valence-corrected chi connectivity index (χ4v) is 7.74. The Balaban J connectivity index is 1.34. The number of rotatable bonds is 4. The summed E-state index contributed by atoms with van der Waals surface area (Å²) >= 11 is 1.84. The molecule has 0 aliphatic heterocycles. The topological polar surface area (TPSA) is 38.7 Å². The summed E-state index contributed by atoms with van der Waals surface area (Å²) in [4.78, 5) is 15.4. The average molecular weight is 592 g/mol. The lowest BCUT2D eigenvalue weighted by Gasteiger charge is -2.12. The zero-order valence-corrected chi connectivity index (χ0v) is 25.0. The van der Waals surface area contributed by atoms with Crippen LogP contribution in [0.1, 0.15) is 0 Å². The lowest BCUT2D eigenvalue weighted by molar-refractivity contribution is 1.08. The minimum atomic E-state index is 0.659. The molecule has 0 radical (unpaired) electrons. The zero-order chi connectivity index (χ0) is 29.7. The summed E-state index contributed by atoms with van der Waals surface area (Å²) < 4.78 is 2.51. The molecule has 7 aromatic carbocycles. The molecule has 0 unspecified atom stereocenters. The molecule has 2 heterocycles. The molecule has 210 valence electrons. The van der Waals surface area contributed by atoms with Gasteiger partial charge in [-0.15, -0.1) is 11.3 Å². The van der Waals surface area contributed by atoms with E-state index in [4.69, 9.17) is 15.0 Å². The molecule has 0 fully saturated rings. The lowest BCUT2D eigenvalue weighted by Crippen LogP contribution is -2.01. The van der Waals surface area contributed by atoms with Crippen LogP contribution < -0.4 is 0 Å². The summed E-state index contributed by atoms with van der Waals surface area (Å²) in [6, 6.07) is 53.1. The molecule has 0 atom stereocenters. The lowest BCUT2D eigenvalue weighted by atomic mass is 9.98. The van der Waals surface area contributed by atoms with Crippen LogP contribution in [0.2, 0.25) is 0 Å². The van der Waals surface area contributed by atoms with Gasteiger partial charge in [-0.05, 0) is 33.4 Å². The standard InChI is InChI=1S/C41H25N3S/c1-3-12-26(13-4-1)30-17-9-10-19-32(30)40-42-39(29-15-5-2-6-16-29)43-41(44-40)34-20-11-21-35-37(34)33-25-24-28-23-22-27-14-7-8-18-31(27)36(28)38(33)45-35/h1-25H. The fourth-order valence-electron chi connectivity index (χ4n) is 6.44. The van der Waals surface area contributed by atoms with Crippen LogP contribution >= 0.6 is 11.3 Å². The maximum absolute atomic E-state index is 5.22. The second-order valence-electron chi connectivity index (χ2n) is 11.2. The Bertz CT molecular complexity index is 2540. The molecule has 0 spiro atoms. The predicted molar refractivity (Wildman–Crippen MR) is 189 cm³/mol. The van der Waals surface area contributed by atoms with Gasteiger partial charge in [-0.3, -0.25) is 0 Å². The number of fused-ring (bicyclic) bond motifs is 7. The number of hydrogen-bond donors (Lipinski definition) is 0. The number of nitrogens with zero attached hydrogens (tertiary/aromatic N) is 3. The van der Waals surface area contributed by atoms with Gasteiger partial charge in [0.05, 0.1) is 0 Å². The molecule has 2 aromatic heterocycles. The monoisotopic (exact) mass is 591 g/mol. The van der Waals surface area contributed by atoms with Gasteiger partial charge in [0, 0.05) is 42.2 Å². The van der Waals surface area contributed by atoms with Crippen molar-refractivity contribution < 1.29 is 0 Å². The largest absolute Gasteiger partial charge is 0.208 e. The van der Waals surface area contributed by atoms with Crippen LogP contribution in [0, 0.1) is 0 Å². The normalized spacial score (nSPS) is 11.6. The molecule has 3 nitrogen and oxygen atoms in total. The van der Waals surface area contributed by atoms with Crippen molar-refractivity contribution in [1.29, 1.82) is 0 Å². The molecule has 0 amide bonds. The Labute approximate surface area is 264 Å². The van der Waals surface area contributed by atoms with Crippen LogP contribution in [-0.2, 0) is 0 Å². The Morgan fingerprint density at radius 1 is 0.356 bits per heavy atom. The van der Waals surface area contributed by atoms with Gasteiger partial charge < -0.3 is 0 Å². The molecule has 0 bridgehead atoms. The first-order valence-electron chi connectivity index (χ1n) is 15.0. The third-order valence-corrected chi connectivity index (χ3v) is 9.72. The number of hydrogen-bond acceptors (Lipinski definition) is 4. The SMILES string of the molecule is c1ccc(-c2nc(-c3ccccc3-c3ccccc3)nc(-c3cccc4sc5c(ccc6ccc7ccccc7c65)c34)n2)cc1. The molecule has 9 rings (SSSR count). The van der Waals surface area contributed by atoms with Gasteiger partial charge in [0.15, 0.2) is 17.5 Å². The predicted octanol–water partition coefficient (Wildman–Crippen LogP) is 11.2.